The number of fused-ring (bicyclic) bond motifs is 1. The zero-order chi connectivity index (χ0) is 19.4. The van der Waals surface area contributed by atoms with Gasteiger partial charge in [0.1, 0.15) is 5.52 Å². The fraction of sp³-hybridized carbons (Fsp3) is 0.333. The largest absolute Gasteiger partial charge is 0.426 e. The van der Waals surface area contributed by atoms with Crippen LogP contribution in [0.2, 0.25) is 0 Å². The SMILES string of the molecule is CCN(CC)CCC(=O)Nc1ccc(-c2nc3ccc(C)cc3n2O)cc1. The lowest BCUT2D eigenvalue weighted by Crippen LogP contribution is -2.27. The molecule has 0 aliphatic rings. The van der Waals surface area contributed by atoms with Crippen LogP contribution in [-0.2, 0) is 4.79 Å². The Hall–Kier alpha value is -2.86. The van der Waals surface area contributed by atoms with Crippen LogP contribution in [0.5, 0.6) is 0 Å². The van der Waals surface area contributed by atoms with E-state index in [0.717, 1.165) is 46.7 Å². The summed E-state index contributed by atoms with van der Waals surface area (Å²) in [4.78, 5) is 18.8. The zero-order valence-electron chi connectivity index (χ0n) is 16.1. The number of carbonyl (C=O) groups excluding carboxylic acids is 1. The fourth-order valence-corrected chi connectivity index (χ4v) is 3.09. The van der Waals surface area contributed by atoms with Crippen LogP contribution in [0.1, 0.15) is 25.8 Å². The van der Waals surface area contributed by atoms with E-state index in [1.165, 1.54) is 0 Å². The summed E-state index contributed by atoms with van der Waals surface area (Å²) in [6, 6.07) is 13.1. The molecule has 6 nitrogen and oxygen atoms in total. The highest BCUT2D eigenvalue weighted by Crippen LogP contribution is 2.25. The topological polar surface area (TPSA) is 70.4 Å². The first kappa shape index (κ1) is 18.9. The average molecular weight is 366 g/mol. The molecule has 0 bridgehead atoms. The molecule has 0 saturated heterocycles. The number of nitrogens with one attached hydrogen (secondary N) is 1. The summed E-state index contributed by atoms with van der Waals surface area (Å²) < 4.78 is 1.11. The van der Waals surface area contributed by atoms with E-state index in [4.69, 9.17) is 0 Å². The van der Waals surface area contributed by atoms with Crippen molar-refractivity contribution < 1.29 is 10.0 Å². The normalized spacial score (nSPS) is 11.3. The van der Waals surface area contributed by atoms with Crippen molar-refractivity contribution in [1.82, 2.24) is 14.6 Å². The Labute approximate surface area is 159 Å². The van der Waals surface area contributed by atoms with Crippen LogP contribution in [0, 0.1) is 6.92 Å². The number of nitrogens with zero attached hydrogens (tertiary/aromatic N) is 3. The van der Waals surface area contributed by atoms with E-state index < -0.39 is 0 Å². The molecule has 3 aromatic rings. The van der Waals surface area contributed by atoms with Crippen molar-refractivity contribution in [2.45, 2.75) is 27.2 Å². The molecule has 1 heterocycles. The number of hydrogen-bond acceptors (Lipinski definition) is 4. The highest BCUT2D eigenvalue weighted by molar-refractivity contribution is 5.91. The molecule has 0 fully saturated rings. The molecule has 27 heavy (non-hydrogen) atoms. The fourth-order valence-electron chi connectivity index (χ4n) is 3.09. The van der Waals surface area contributed by atoms with Gasteiger partial charge in [-0.15, -0.1) is 0 Å². The van der Waals surface area contributed by atoms with E-state index in [-0.39, 0.29) is 5.91 Å². The average Bonchev–Trinajstić information content (AvgIpc) is 2.99. The van der Waals surface area contributed by atoms with E-state index >= 15 is 0 Å². The molecule has 0 saturated carbocycles. The molecular formula is C21H26N4O2. The van der Waals surface area contributed by atoms with Crippen molar-refractivity contribution in [2.24, 2.45) is 0 Å². The molecule has 0 aliphatic heterocycles. The Bertz CT molecular complexity index is 927. The van der Waals surface area contributed by atoms with Crippen LogP contribution in [-0.4, -0.2) is 45.4 Å². The highest BCUT2D eigenvalue weighted by Gasteiger charge is 2.12. The lowest BCUT2D eigenvalue weighted by molar-refractivity contribution is -0.116. The molecule has 0 aliphatic carbocycles. The molecule has 0 radical (unpaired) electrons. The third-order valence-corrected chi connectivity index (χ3v) is 4.76. The number of rotatable bonds is 7. The first-order chi connectivity index (χ1) is 13.0. The number of anilines is 1. The minimum absolute atomic E-state index is 0.000443. The monoisotopic (exact) mass is 366 g/mol. The summed E-state index contributed by atoms with van der Waals surface area (Å²) in [5.41, 5.74) is 4.00. The number of amides is 1. The Kier molecular flexibility index (Phi) is 5.76. The number of hydrogen-bond donors (Lipinski definition) is 2. The molecule has 0 unspecified atom stereocenters. The Balaban J connectivity index is 1.70. The van der Waals surface area contributed by atoms with Gasteiger partial charge in [0.15, 0.2) is 5.82 Å². The number of benzene rings is 2. The number of aromatic nitrogens is 2. The standard InChI is InChI=1S/C21H26N4O2/c1-4-24(5-2)13-12-20(26)22-17-9-7-16(8-10-17)21-23-18-11-6-15(3)14-19(18)25(21)27/h6-11,14,27H,4-5,12-13H2,1-3H3,(H,22,26). The number of carbonyl (C=O) groups is 1. The van der Waals surface area contributed by atoms with Crippen molar-refractivity contribution >= 4 is 22.6 Å². The van der Waals surface area contributed by atoms with Crippen LogP contribution in [0.4, 0.5) is 5.69 Å². The summed E-state index contributed by atoms with van der Waals surface area (Å²) in [5.74, 6) is 0.481. The number of aryl methyl sites for hydroxylation is 1. The van der Waals surface area contributed by atoms with Gasteiger partial charge >= 0.3 is 0 Å². The van der Waals surface area contributed by atoms with Crippen molar-refractivity contribution in [1.29, 1.82) is 0 Å². The Morgan fingerprint density at radius 3 is 2.52 bits per heavy atom. The second-order valence-corrected chi connectivity index (χ2v) is 6.64. The van der Waals surface area contributed by atoms with Gasteiger partial charge in [0, 0.05) is 24.2 Å². The Morgan fingerprint density at radius 2 is 1.85 bits per heavy atom. The second-order valence-electron chi connectivity index (χ2n) is 6.64. The molecular weight excluding hydrogens is 340 g/mol. The van der Waals surface area contributed by atoms with Crippen LogP contribution in [0.15, 0.2) is 42.5 Å². The summed E-state index contributed by atoms with van der Waals surface area (Å²) in [5, 5.41) is 13.3. The van der Waals surface area contributed by atoms with Gasteiger partial charge in [0.25, 0.3) is 0 Å². The first-order valence-electron chi connectivity index (χ1n) is 9.32. The van der Waals surface area contributed by atoms with Gasteiger partial charge in [0.2, 0.25) is 5.91 Å². The van der Waals surface area contributed by atoms with E-state index in [2.05, 4.69) is 29.0 Å². The molecule has 6 heteroatoms. The zero-order valence-corrected chi connectivity index (χ0v) is 16.1. The van der Waals surface area contributed by atoms with Crippen LogP contribution in [0.25, 0.3) is 22.4 Å². The van der Waals surface area contributed by atoms with Gasteiger partial charge in [-0.1, -0.05) is 19.9 Å². The molecule has 1 aromatic heterocycles. The Morgan fingerprint density at radius 1 is 1.15 bits per heavy atom. The molecule has 2 N–H and O–H groups in total. The quantitative estimate of drug-likeness (QED) is 0.622. The molecule has 0 atom stereocenters. The summed E-state index contributed by atoms with van der Waals surface area (Å²) >= 11 is 0. The highest BCUT2D eigenvalue weighted by atomic mass is 16.5. The maximum atomic E-state index is 12.1. The van der Waals surface area contributed by atoms with E-state index in [0.29, 0.717) is 17.8 Å². The maximum absolute atomic E-state index is 12.1. The van der Waals surface area contributed by atoms with Crippen LogP contribution in [0.3, 0.4) is 0 Å². The van der Waals surface area contributed by atoms with Gasteiger partial charge < -0.3 is 15.4 Å². The van der Waals surface area contributed by atoms with Crippen LogP contribution >= 0.6 is 0 Å². The van der Waals surface area contributed by atoms with Gasteiger partial charge in [0.05, 0.1) is 5.52 Å². The smallest absolute Gasteiger partial charge is 0.225 e. The summed E-state index contributed by atoms with van der Waals surface area (Å²) in [7, 11) is 0. The first-order valence-corrected chi connectivity index (χ1v) is 9.32. The summed E-state index contributed by atoms with van der Waals surface area (Å²) in [6.07, 6.45) is 0.467. The van der Waals surface area contributed by atoms with Crippen molar-refractivity contribution in [3.63, 3.8) is 0 Å². The van der Waals surface area contributed by atoms with Gasteiger partial charge in [-0.05, 0) is 62.0 Å². The predicted octanol–water partition coefficient (Wildman–Crippen LogP) is 3.92. The van der Waals surface area contributed by atoms with E-state index in [9.17, 15) is 10.0 Å². The molecule has 1 amide bonds. The minimum Gasteiger partial charge on any atom is -0.426 e. The molecule has 3 rings (SSSR count). The second kappa shape index (κ2) is 8.22. The molecule has 0 spiro atoms. The van der Waals surface area contributed by atoms with Gasteiger partial charge in [-0.2, -0.15) is 4.73 Å². The van der Waals surface area contributed by atoms with Crippen molar-refractivity contribution in [3.8, 4) is 11.4 Å². The number of imidazole rings is 1. The van der Waals surface area contributed by atoms with Crippen LogP contribution < -0.4 is 5.32 Å². The lowest BCUT2D eigenvalue weighted by atomic mass is 10.2. The molecule has 2 aromatic carbocycles. The minimum atomic E-state index is -0.000443. The maximum Gasteiger partial charge on any atom is 0.225 e. The summed E-state index contributed by atoms with van der Waals surface area (Å²) in [6.45, 7) is 8.81. The van der Waals surface area contributed by atoms with Gasteiger partial charge in [-0.3, -0.25) is 4.79 Å². The van der Waals surface area contributed by atoms with E-state index in [1.54, 1.807) is 0 Å². The molecule has 142 valence electrons. The lowest BCUT2D eigenvalue weighted by Gasteiger charge is -2.17. The predicted molar refractivity (Wildman–Crippen MR) is 108 cm³/mol. The van der Waals surface area contributed by atoms with Gasteiger partial charge in [-0.25, -0.2) is 4.98 Å². The third kappa shape index (κ3) is 4.28. The van der Waals surface area contributed by atoms with Crippen molar-refractivity contribution in [2.75, 3.05) is 25.0 Å². The van der Waals surface area contributed by atoms with Crippen molar-refractivity contribution in [3.05, 3.63) is 48.0 Å². The third-order valence-electron chi connectivity index (χ3n) is 4.76. The van der Waals surface area contributed by atoms with E-state index in [1.807, 2.05) is 49.4 Å².